The average Bonchev–Trinajstić information content (AvgIpc) is 2.35. The van der Waals surface area contributed by atoms with Crippen LogP contribution in [0, 0.1) is 21.7 Å². The summed E-state index contributed by atoms with van der Waals surface area (Å²) in [5.74, 6) is -3.70. The summed E-state index contributed by atoms with van der Waals surface area (Å²) in [6, 6.07) is 0.750. The molecule has 0 aliphatic heterocycles. The molecule has 0 aliphatic rings. The molecule has 0 atom stereocenters. The molecule has 10 heteroatoms. The lowest BCUT2D eigenvalue weighted by Gasteiger charge is -2.06. The highest BCUT2D eigenvalue weighted by Crippen LogP contribution is 2.21. The molecule has 116 valence electrons. The van der Waals surface area contributed by atoms with Crippen molar-refractivity contribution in [2.75, 3.05) is 18.6 Å². The second-order valence-corrected chi connectivity index (χ2v) is 6.54. The summed E-state index contributed by atoms with van der Waals surface area (Å²) in [5.41, 5.74) is -1.75. The fourth-order valence-electron chi connectivity index (χ4n) is 1.48. The van der Waals surface area contributed by atoms with Crippen LogP contribution in [-0.2, 0) is 9.84 Å². The van der Waals surface area contributed by atoms with E-state index in [0.717, 1.165) is 6.26 Å². The van der Waals surface area contributed by atoms with Crippen molar-refractivity contribution in [2.24, 2.45) is 0 Å². The second kappa shape index (κ2) is 6.57. The molecule has 0 bridgehead atoms. The summed E-state index contributed by atoms with van der Waals surface area (Å²) in [7, 11) is -3.18. The molecule has 0 aliphatic carbocycles. The summed E-state index contributed by atoms with van der Waals surface area (Å²) < 4.78 is 48.5. The Hall–Kier alpha value is -2.10. The first-order chi connectivity index (χ1) is 9.61. The quantitative estimate of drug-likeness (QED) is 0.478. The van der Waals surface area contributed by atoms with Gasteiger partial charge in [-0.15, -0.1) is 0 Å². The number of carbonyl (C=O) groups is 1. The molecule has 0 heterocycles. The zero-order chi connectivity index (χ0) is 16.2. The Morgan fingerprint density at radius 2 is 1.95 bits per heavy atom. The van der Waals surface area contributed by atoms with E-state index in [-0.39, 0.29) is 18.7 Å². The molecule has 1 N–H and O–H groups in total. The zero-order valence-electron chi connectivity index (χ0n) is 10.9. The number of benzene rings is 1. The molecular formula is C11H12F2N2O5S. The van der Waals surface area contributed by atoms with Crippen molar-refractivity contribution >= 4 is 21.4 Å². The predicted molar refractivity (Wildman–Crippen MR) is 69.7 cm³/mol. The molecule has 0 unspecified atom stereocenters. The largest absolute Gasteiger partial charge is 0.352 e. The summed E-state index contributed by atoms with van der Waals surface area (Å²) in [5, 5.41) is 12.6. The van der Waals surface area contributed by atoms with Gasteiger partial charge < -0.3 is 5.32 Å². The number of rotatable bonds is 6. The smallest absolute Gasteiger partial charge is 0.307 e. The van der Waals surface area contributed by atoms with Crippen LogP contribution in [0.4, 0.5) is 14.5 Å². The van der Waals surface area contributed by atoms with Crippen molar-refractivity contribution in [1.29, 1.82) is 0 Å². The van der Waals surface area contributed by atoms with Gasteiger partial charge in [0, 0.05) is 12.8 Å². The Morgan fingerprint density at radius 1 is 1.33 bits per heavy atom. The number of sulfone groups is 1. The topological polar surface area (TPSA) is 106 Å². The number of nitrogens with one attached hydrogen (secondary N) is 1. The molecule has 0 aromatic heterocycles. The number of hydrogen-bond donors (Lipinski definition) is 1. The van der Waals surface area contributed by atoms with Crippen LogP contribution in [0.3, 0.4) is 0 Å². The van der Waals surface area contributed by atoms with Crippen LogP contribution in [0.2, 0.25) is 0 Å². The molecule has 7 nitrogen and oxygen atoms in total. The fraction of sp³-hybridized carbons (Fsp3) is 0.364. The number of carbonyl (C=O) groups excluding carboxylic acids is 1. The van der Waals surface area contributed by atoms with Gasteiger partial charge >= 0.3 is 5.69 Å². The monoisotopic (exact) mass is 322 g/mol. The van der Waals surface area contributed by atoms with Crippen LogP contribution >= 0.6 is 0 Å². The Morgan fingerprint density at radius 3 is 2.48 bits per heavy atom. The maximum absolute atomic E-state index is 13.5. The highest BCUT2D eigenvalue weighted by Gasteiger charge is 2.21. The molecular weight excluding hydrogens is 310 g/mol. The zero-order valence-corrected chi connectivity index (χ0v) is 11.7. The minimum absolute atomic E-state index is 0.0516. The van der Waals surface area contributed by atoms with Crippen LogP contribution in [0.5, 0.6) is 0 Å². The van der Waals surface area contributed by atoms with E-state index in [0.29, 0.717) is 12.1 Å². The van der Waals surface area contributed by atoms with Gasteiger partial charge in [-0.25, -0.2) is 12.8 Å². The van der Waals surface area contributed by atoms with Crippen molar-refractivity contribution in [2.45, 2.75) is 6.42 Å². The molecule has 21 heavy (non-hydrogen) atoms. The van der Waals surface area contributed by atoms with Gasteiger partial charge in [-0.05, 0) is 12.5 Å². The van der Waals surface area contributed by atoms with Crippen molar-refractivity contribution in [1.82, 2.24) is 5.32 Å². The SMILES string of the molecule is CS(=O)(=O)CCCNC(=O)c1cc(F)c([N+](=O)[O-])cc1F. The van der Waals surface area contributed by atoms with Gasteiger partial charge in [0.15, 0.2) is 0 Å². The van der Waals surface area contributed by atoms with E-state index in [1.165, 1.54) is 0 Å². The Kier molecular flexibility index (Phi) is 5.30. The molecule has 0 fully saturated rings. The van der Waals surface area contributed by atoms with Gasteiger partial charge in [-0.2, -0.15) is 4.39 Å². The van der Waals surface area contributed by atoms with E-state index in [1.54, 1.807) is 0 Å². The van der Waals surface area contributed by atoms with Gasteiger partial charge in [0.2, 0.25) is 5.82 Å². The lowest BCUT2D eigenvalue weighted by Crippen LogP contribution is -2.27. The van der Waals surface area contributed by atoms with Gasteiger partial charge in [-0.3, -0.25) is 14.9 Å². The first-order valence-electron chi connectivity index (χ1n) is 5.71. The molecule has 0 saturated heterocycles. The Bertz CT molecular complexity index is 675. The highest BCUT2D eigenvalue weighted by atomic mass is 32.2. The molecule has 1 aromatic rings. The van der Waals surface area contributed by atoms with E-state index in [9.17, 15) is 32.1 Å². The third-order valence-corrected chi connectivity index (χ3v) is 3.49. The number of nitrogens with zero attached hydrogens (tertiary/aromatic N) is 1. The maximum atomic E-state index is 13.5. The first kappa shape index (κ1) is 17.0. The van der Waals surface area contributed by atoms with Crippen LogP contribution < -0.4 is 5.32 Å². The van der Waals surface area contributed by atoms with Crippen LogP contribution in [0.25, 0.3) is 0 Å². The minimum atomic E-state index is -3.18. The fourth-order valence-corrected chi connectivity index (χ4v) is 2.15. The van der Waals surface area contributed by atoms with Crippen molar-refractivity contribution < 1.29 is 26.9 Å². The van der Waals surface area contributed by atoms with Gasteiger partial charge in [0.1, 0.15) is 15.7 Å². The molecule has 0 spiro atoms. The molecule has 0 radical (unpaired) electrons. The summed E-state index contributed by atoms with van der Waals surface area (Å²) in [4.78, 5) is 20.9. The van der Waals surface area contributed by atoms with E-state index in [4.69, 9.17) is 0 Å². The number of nitro benzene ring substituents is 1. The molecule has 1 aromatic carbocycles. The summed E-state index contributed by atoms with van der Waals surface area (Å²) in [6.45, 7) is -0.0516. The number of amides is 1. The number of hydrogen-bond acceptors (Lipinski definition) is 5. The lowest BCUT2D eigenvalue weighted by atomic mass is 10.1. The maximum Gasteiger partial charge on any atom is 0.307 e. The number of halogens is 2. The van der Waals surface area contributed by atoms with E-state index in [2.05, 4.69) is 5.32 Å². The molecule has 1 amide bonds. The van der Waals surface area contributed by atoms with Crippen LogP contribution in [0.15, 0.2) is 12.1 Å². The second-order valence-electron chi connectivity index (χ2n) is 4.28. The Labute approximate surface area is 119 Å². The normalized spacial score (nSPS) is 11.2. The number of nitro groups is 1. The minimum Gasteiger partial charge on any atom is -0.352 e. The van der Waals surface area contributed by atoms with E-state index in [1.807, 2.05) is 0 Å². The highest BCUT2D eigenvalue weighted by molar-refractivity contribution is 7.90. The standard InChI is InChI=1S/C11H12F2N2O5S/c1-21(19,20)4-2-3-14-11(16)7-5-9(13)10(15(17)18)6-8(7)12/h5-6H,2-4H2,1H3,(H,14,16). The molecule has 0 saturated carbocycles. The van der Waals surface area contributed by atoms with Gasteiger partial charge in [0.25, 0.3) is 5.91 Å². The first-order valence-corrected chi connectivity index (χ1v) is 7.77. The van der Waals surface area contributed by atoms with E-state index >= 15 is 0 Å². The van der Waals surface area contributed by atoms with Crippen LogP contribution in [-0.4, -0.2) is 37.8 Å². The van der Waals surface area contributed by atoms with Crippen molar-refractivity contribution in [3.63, 3.8) is 0 Å². The van der Waals surface area contributed by atoms with Gasteiger partial charge in [-0.1, -0.05) is 0 Å². The average molecular weight is 322 g/mol. The van der Waals surface area contributed by atoms with Crippen LogP contribution in [0.1, 0.15) is 16.8 Å². The predicted octanol–water partition coefficient (Wildman–Crippen LogP) is 1.04. The van der Waals surface area contributed by atoms with E-state index < -0.39 is 43.6 Å². The van der Waals surface area contributed by atoms with Gasteiger partial charge in [0.05, 0.1) is 22.3 Å². The molecule has 1 rings (SSSR count). The van der Waals surface area contributed by atoms with Crippen molar-refractivity contribution in [3.8, 4) is 0 Å². The third-order valence-electron chi connectivity index (χ3n) is 2.46. The summed E-state index contributed by atoms with van der Waals surface area (Å²) in [6.07, 6.45) is 1.14. The Balaban J connectivity index is 2.75. The van der Waals surface area contributed by atoms with Crippen molar-refractivity contribution in [3.05, 3.63) is 39.4 Å². The summed E-state index contributed by atoms with van der Waals surface area (Å²) >= 11 is 0. The third kappa shape index (κ3) is 5.06. The lowest BCUT2D eigenvalue weighted by molar-refractivity contribution is -0.387.